The molecule has 3 fully saturated rings. The number of nitrogens with zero attached hydrogens (tertiary/aromatic N) is 1. The van der Waals surface area contributed by atoms with E-state index in [0.717, 1.165) is 64.7 Å². The molecule has 0 radical (unpaired) electrons. The SMILES string of the molecule is CC1(C(=O)N2CCC(NC(=O)C3CC3)CC2)CCCNC1.Cl. The summed E-state index contributed by atoms with van der Waals surface area (Å²) in [7, 11) is 0. The number of carbonyl (C=O) groups excluding carboxylic acids is 2. The molecule has 2 aliphatic heterocycles. The standard InChI is InChI=1S/C16H27N3O2.ClH/c1-16(7-2-8-17-11-16)15(21)19-9-5-13(6-10-19)18-14(20)12-3-4-12;/h12-13,17H,2-11H2,1H3,(H,18,20);1H. The Morgan fingerprint density at radius 3 is 2.41 bits per heavy atom. The second-order valence-electron chi connectivity index (χ2n) is 7.19. The van der Waals surface area contributed by atoms with Gasteiger partial charge in [0, 0.05) is 31.6 Å². The first-order valence-corrected chi connectivity index (χ1v) is 8.39. The van der Waals surface area contributed by atoms with Crippen molar-refractivity contribution >= 4 is 24.2 Å². The van der Waals surface area contributed by atoms with E-state index in [-0.39, 0.29) is 35.7 Å². The van der Waals surface area contributed by atoms with Crippen LogP contribution in [0.3, 0.4) is 0 Å². The topological polar surface area (TPSA) is 61.4 Å². The van der Waals surface area contributed by atoms with Gasteiger partial charge in [-0.25, -0.2) is 0 Å². The lowest BCUT2D eigenvalue weighted by Crippen LogP contribution is -2.54. The molecule has 3 rings (SSSR count). The van der Waals surface area contributed by atoms with Gasteiger partial charge in [-0.05, 0) is 52.0 Å². The molecule has 5 nitrogen and oxygen atoms in total. The molecule has 126 valence electrons. The molecular weight excluding hydrogens is 302 g/mol. The van der Waals surface area contributed by atoms with Crippen molar-refractivity contribution in [3.63, 3.8) is 0 Å². The summed E-state index contributed by atoms with van der Waals surface area (Å²) in [6, 6.07) is 0.263. The van der Waals surface area contributed by atoms with Crippen molar-refractivity contribution in [2.24, 2.45) is 11.3 Å². The van der Waals surface area contributed by atoms with Crippen LogP contribution in [0.5, 0.6) is 0 Å². The van der Waals surface area contributed by atoms with E-state index in [1.807, 2.05) is 4.90 Å². The first kappa shape index (κ1) is 17.5. The number of hydrogen-bond donors (Lipinski definition) is 2. The van der Waals surface area contributed by atoms with Crippen LogP contribution in [0.15, 0.2) is 0 Å². The first-order valence-electron chi connectivity index (χ1n) is 8.39. The number of halogens is 1. The molecule has 1 aliphatic carbocycles. The van der Waals surface area contributed by atoms with Gasteiger partial charge in [-0.15, -0.1) is 12.4 Å². The van der Waals surface area contributed by atoms with E-state index in [4.69, 9.17) is 0 Å². The smallest absolute Gasteiger partial charge is 0.229 e. The van der Waals surface area contributed by atoms with Crippen molar-refractivity contribution in [2.75, 3.05) is 26.2 Å². The molecule has 2 saturated heterocycles. The molecule has 0 aromatic carbocycles. The Bertz CT molecular complexity index is 412. The summed E-state index contributed by atoms with van der Waals surface area (Å²) in [5.41, 5.74) is -0.234. The molecule has 1 unspecified atom stereocenters. The fraction of sp³-hybridized carbons (Fsp3) is 0.875. The van der Waals surface area contributed by atoms with Gasteiger partial charge in [0.25, 0.3) is 0 Å². The van der Waals surface area contributed by atoms with Gasteiger partial charge in [-0.2, -0.15) is 0 Å². The van der Waals surface area contributed by atoms with Crippen LogP contribution in [0.25, 0.3) is 0 Å². The van der Waals surface area contributed by atoms with E-state index in [0.29, 0.717) is 5.91 Å². The van der Waals surface area contributed by atoms with Gasteiger partial charge in [0.05, 0.1) is 5.41 Å². The molecule has 0 bridgehead atoms. The molecule has 3 aliphatic rings. The summed E-state index contributed by atoms with van der Waals surface area (Å²) >= 11 is 0. The summed E-state index contributed by atoms with van der Waals surface area (Å²) in [6.45, 7) is 5.47. The highest BCUT2D eigenvalue weighted by Gasteiger charge is 2.39. The minimum atomic E-state index is -0.234. The van der Waals surface area contributed by atoms with Crippen LogP contribution < -0.4 is 10.6 Å². The minimum Gasteiger partial charge on any atom is -0.353 e. The number of likely N-dealkylation sites (tertiary alicyclic amines) is 1. The largest absolute Gasteiger partial charge is 0.353 e. The monoisotopic (exact) mass is 329 g/mol. The highest BCUT2D eigenvalue weighted by atomic mass is 35.5. The van der Waals surface area contributed by atoms with E-state index in [9.17, 15) is 9.59 Å². The summed E-state index contributed by atoms with van der Waals surface area (Å²) < 4.78 is 0. The number of amides is 2. The van der Waals surface area contributed by atoms with Crippen LogP contribution in [0.2, 0.25) is 0 Å². The summed E-state index contributed by atoms with van der Waals surface area (Å²) in [6.07, 6.45) is 5.96. The Morgan fingerprint density at radius 2 is 1.86 bits per heavy atom. The van der Waals surface area contributed by atoms with Crippen molar-refractivity contribution in [2.45, 2.75) is 51.5 Å². The van der Waals surface area contributed by atoms with E-state index < -0.39 is 0 Å². The molecule has 2 heterocycles. The van der Waals surface area contributed by atoms with E-state index in [1.54, 1.807) is 0 Å². The molecule has 6 heteroatoms. The lowest BCUT2D eigenvalue weighted by atomic mass is 9.81. The zero-order valence-electron chi connectivity index (χ0n) is 13.4. The fourth-order valence-corrected chi connectivity index (χ4v) is 3.51. The molecule has 2 amide bonds. The van der Waals surface area contributed by atoms with Crippen LogP contribution in [-0.4, -0.2) is 48.9 Å². The molecular formula is C16H28ClN3O2. The Hall–Kier alpha value is -0.810. The Balaban J connectivity index is 0.00000176. The summed E-state index contributed by atoms with van der Waals surface area (Å²) in [5, 5.41) is 6.49. The van der Waals surface area contributed by atoms with Crippen molar-refractivity contribution in [3.8, 4) is 0 Å². The molecule has 0 aromatic rings. The third kappa shape index (κ3) is 3.93. The zero-order valence-corrected chi connectivity index (χ0v) is 14.2. The van der Waals surface area contributed by atoms with E-state index >= 15 is 0 Å². The van der Waals surface area contributed by atoms with Crippen molar-refractivity contribution in [3.05, 3.63) is 0 Å². The summed E-state index contributed by atoms with van der Waals surface area (Å²) in [4.78, 5) is 26.5. The van der Waals surface area contributed by atoms with Crippen LogP contribution in [0, 0.1) is 11.3 Å². The maximum Gasteiger partial charge on any atom is 0.229 e. The lowest BCUT2D eigenvalue weighted by molar-refractivity contribution is -0.143. The Labute approximate surface area is 139 Å². The highest BCUT2D eigenvalue weighted by molar-refractivity contribution is 5.85. The second kappa shape index (κ2) is 7.18. The molecule has 1 saturated carbocycles. The third-order valence-electron chi connectivity index (χ3n) is 5.19. The molecule has 2 N–H and O–H groups in total. The van der Waals surface area contributed by atoms with Crippen molar-refractivity contribution in [1.29, 1.82) is 0 Å². The quantitative estimate of drug-likeness (QED) is 0.821. The number of rotatable bonds is 3. The van der Waals surface area contributed by atoms with Crippen molar-refractivity contribution in [1.82, 2.24) is 15.5 Å². The van der Waals surface area contributed by atoms with E-state index in [1.165, 1.54) is 0 Å². The van der Waals surface area contributed by atoms with Crippen molar-refractivity contribution < 1.29 is 9.59 Å². The predicted molar refractivity (Wildman–Crippen MR) is 87.9 cm³/mol. The average molecular weight is 330 g/mol. The maximum absolute atomic E-state index is 12.7. The van der Waals surface area contributed by atoms with Crippen LogP contribution in [0.4, 0.5) is 0 Å². The summed E-state index contributed by atoms with van der Waals surface area (Å²) in [5.74, 6) is 0.793. The second-order valence-corrected chi connectivity index (χ2v) is 7.19. The number of nitrogens with one attached hydrogen (secondary N) is 2. The lowest BCUT2D eigenvalue weighted by Gasteiger charge is -2.40. The number of piperidine rings is 2. The third-order valence-corrected chi connectivity index (χ3v) is 5.19. The van der Waals surface area contributed by atoms with Gasteiger partial charge >= 0.3 is 0 Å². The van der Waals surface area contributed by atoms with Crippen LogP contribution >= 0.6 is 12.4 Å². The van der Waals surface area contributed by atoms with Crippen LogP contribution in [0.1, 0.15) is 45.4 Å². The van der Waals surface area contributed by atoms with Gasteiger partial charge in [0.1, 0.15) is 0 Å². The highest BCUT2D eigenvalue weighted by Crippen LogP contribution is 2.31. The van der Waals surface area contributed by atoms with Gasteiger partial charge < -0.3 is 15.5 Å². The predicted octanol–water partition coefficient (Wildman–Crippen LogP) is 1.32. The maximum atomic E-state index is 12.7. The van der Waals surface area contributed by atoms with Gasteiger partial charge in [-0.3, -0.25) is 9.59 Å². The number of hydrogen-bond acceptors (Lipinski definition) is 3. The van der Waals surface area contributed by atoms with Gasteiger partial charge in [-0.1, -0.05) is 0 Å². The minimum absolute atomic E-state index is 0. The number of carbonyl (C=O) groups is 2. The normalized spacial score (nSPS) is 29.6. The van der Waals surface area contributed by atoms with E-state index in [2.05, 4.69) is 17.6 Å². The zero-order chi connectivity index (χ0) is 14.9. The average Bonchev–Trinajstić information content (AvgIpc) is 3.33. The first-order chi connectivity index (χ1) is 10.1. The molecule has 0 aromatic heterocycles. The van der Waals surface area contributed by atoms with Crippen LogP contribution in [-0.2, 0) is 9.59 Å². The molecule has 22 heavy (non-hydrogen) atoms. The molecule has 0 spiro atoms. The van der Waals surface area contributed by atoms with Gasteiger partial charge in [0.2, 0.25) is 11.8 Å². The Kier molecular flexibility index (Phi) is 5.72. The Morgan fingerprint density at radius 1 is 1.18 bits per heavy atom. The molecule has 1 atom stereocenters. The fourth-order valence-electron chi connectivity index (χ4n) is 3.51. The van der Waals surface area contributed by atoms with Gasteiger partial charge in [0.15, 0.2) is 0 Å².